The Hall–Kier alpha value is -0.420. The first kappa shape index (κ1) is 14.0. The Morgan fingerprint density at radius 1 is 1.61 bits per heavy atom. The van der Waals surface area contributed by atoms with Crippen LogP contribution in [0.3, 0.4) is 0 Å². The van der Waals surface area contributed by atoms with Crippen LogP contribution in [0.2, 0.25) is 0 Å². The molecule has 0 amide bonds. The molecule has 1 saturated heterocycles. The Morgan fingerprint density at radius 2 is 2.39 bits per heavy atom. The van der Waals surface area contributed by atoms with Crippen LogP contribution in [-0.4, -0.2) is 34.7 Å². The highest BCUT2D eigenvalue weighted by atomic mass is 32.1. The van der Waals surface area contributed by atoms with Crippen molar-refractivity contribution in [2.24, 2.45) is 5.73 Å². The van der Waals surface area contributed by atoms with Crippen LogP contribution < -0.4 is 5.73 Å². The summed E-state index contributed by atoms with van der Waals surface area (Å²) in [5.41, 5.74) is 5.74. The van der Waals surface area contributed by atoms with Crippen molar-refractivity contribution < 1.29 is 5.11 Å². The predicted octanol–water partition coefficient (Wildman–Crippen LogP) is 2.37. The summed E-state index contributed by atoms with van der Waals surface area (Å²) in [4.78, 5) is 3.69. The van der Waals surface area contributed by atoms with Gasteiger partial charge in [-0.2, -0.15) is 0 Å². The summed E-state index contributed by atoms with van der Waals surface area (Å²) < 4.78 is 0. The second kappa shape index (κ2) is 5.70. The first-order chi connectivity index (χ1) is 8.53. The zero-order valence-electron chi connectivity index (χ0n) is 11.3. The van der Waals surface area contributed by atoms with Crippen LogP contribution in [0, 0.1) is 0 Å². The second-order valence-corrected chi connectivity index (χ2v) is 6.58. The van der Waals surface area contributed by atoms with Crippen LogP contribution in [0.15, 0.2) is 17.5 Å². The molecule has 1 aliphatic heterocycles. The van der Waals surface area contributed by atoms with Crippen LogP contribution in [0.1, 0.15) is 44.0 Å². The van der Waals surface area contributed by atoms with E-state index in [1.165, 1.54) is 4.88 Å². The Labute approximate surface area is 114 Å². The van der Waals surface area contributed by atoms with Crippen LogP contribution in [0.4, 0.5) is 0 Å². The normalized spacial score (nSPS) is 29.1. The van der Waals surface area contributed by atoms with Gasteiger partial charge < -0.3 is 10.8 Å². The zero-order valence-corrected chi connectivity index (χ0v) is 12.1. The fourth-order valence-electron chi connectivity index (χ4n) is 2.84. The third-order valence-corrected chi connectivity index (χ3v) is 4.75. The average Bonchev–Trinajstić information content (AvgIpc) is 2.81. The molecule has 3 unspecified atom stereocenters. The van der Waals surface area contributed by atoms with E-state index in [4.69, 9.17) is 5.73 Å². The number of hydrogen-bond donors (Lipinski definition) is 2. The number of nitrogens with two attached hydrogens (primary N) is 1. The first-order valence-electron chi connectivity index (χ1n) is 6.79. The summed E-state index contributed by atoms with van der Waals surface area (Å²) in [5.74, 6) is 0. The zero-order chi connectivity index (χ0) is 13.2. The van der Waals surface area contributed by atoms with Gasteiger partial charge in [-0.3, -0.25) is 4.90 Å². The van der Waals surface area contributed by atoms with E-state index in [0.29, 0.717) is 0 Å². The predicted molar refractivity (Wildman–Crippen MR) is 76.8 cm³/mol. The third-order valence-electron chi connectivity index (χ3n) is 3.81. The number of thiophene rings is 1. The first-order valence-corrected chi connectivity index (χ1v) is 7.67. The molecule has 2 heterocycles. The maximum atomic E-state index is 10.3. The van der Waals surface area contributed by atoms with E-state index < -0.39 is 5.60 Å². The Balaban J connectivity index is 2.19. The number of nitrogens with zero attached hydrogens (tertiary/aromatic N) is 1. The number of likely N-dealkylation sites (tertiary alicyclic amines) is 1. The van der Waals surface area contributed by atoms with Crippen molar-refractivity contribution >= 4 is 11.3 Å². The number of piperidine rings is 1. The Morgan fingerprint density at radius 3 is 2.94 bits per heavy atom. The Kier molecular flexibility index (Phi) is 4.43. The lowest BCUT2D eigenvalue weighted by molar-refractivity contribution is -0.0338. The molecule has 3 nitrogen and oxygen atoms in total. The van der Waals surface area contributed by atoms with E-state index in [1.54, 1.807) is 11.3 Å². The highest BCUT2D eigenvalue weighted by Gasteiger charge is 2.35. The van der Waals surface area contributed by atoms with E-state index in [9.17, 15) is 5.11 Å². The summed E-state index contributed by atoms with van der Waals surface area (Å²) in [6, 6.07) is 4.63. The SMILES string of the molecule is CCC(N)C(c1cccs1)N1CCCC(C)(O)C1. The summed E-state index contributed by atoms with van der Waals surface area (Å²) in [6.45, 7) is 5.82. The molecule has 2 rings (SSSR count). The van der Waals surface area contributed by atoms with E-state index in [-0.39, 0.29) is 12.1 Å². The number of aliphatic hydroxyl groups is 1. The van der Waals surface area contributed by atoms with Crippen molar-refractivity contribution in [2.45, 2.75) is 50.8 Å². The molecule has 1 aromatic heterocycles. The quantitative estimate of drug-likeness (QED) is 0.881. The summed E-state index contributed by atoms with van der Waals surface area (Å²) in [7, 11) is 0. The van der Waals surface area contributed by atoms with Gasteiger partial charge in [0.2, 0.25) is 0 Å². The minimum absolute atomic E-state index is 0.137. The number of hydrogen-bond acceptors (Lipinski definition) is 4. The molecule has 18 heavy (non-hydrogen) atoms. The van der Waals surface area contributed by atoms with Gasteiger partial charge in [-0.1, -0.05) is 13.0 Å². The van der Waals surface area contributed by atoms with E-state index in [1.807, 2.05) is 6.92 Å². The average molecular weight is 268 g/mol. The molecule has 0 spiro atoms. The van der Waals surface area contributed by atoms with Gasteiger partial charge in [-0.25, -0.2) is 0 Å². The van der Waals surface area contributed by atoms with Crippen LogP contribution in [0.25, 0.3) is 0 Å². The van der Waals surface area contributed by atoms with Crippen molar-refractivity contribution in [1.82, 2.24) is 4.90 Å². The smallest absolute Gasteiger partial charge is 0.0746 e. The number of rotatable bonds is 4. The minimum Gasteiger partial charge on any atom is -0.389 e. The van der Waals surface area contributed by atoms with Gasteiger partial charge in [0, 0.05) is 17.5 Å². The topological polar surface area (TPSA) is 49.5 Å². The molecule has 0 aromatic carbocycles. The second-order valence-electron chi connectivity index (χ2n) is 5.60. The molecule has 102 valence electrons. The fourth-order valence-corrected chi connectivity index (χ4v) is 3.78. The minimum atomic E-state index is -0.568. The van der Waals surface area contributed by atoms with Crippen LogP contribution in [-0.2, 0) is 0 Å². The summed E-state index contributed by atoms with van der Waals surface area (Å²) in [6.07, 6.45) is 2.90. The van der Waals surface area contributed by atoms with Gasteiger partial charge in [0.05, 0.1) is 11.6 Å². The van der Waals surface area contributed by atoms with Crippen molar-refractivity contribution in [3.8, 4) is 0 Å². The monoisotopic (exact) mass is 268 g/mol. The maximum Gasteiger partial charge on any atom is 0.0746 e. The van der Waals surface area contributed by atoms with Crippen LogP contribution >= 0.6 is 11.3 Å². The van der Waals surface area contributed by atoms with Crippen LogP contribution in [0.5, 0.6) is 0 Å². The van der Waals surface area contributed by atoms with E-state index in [0.717, 1.165) is 32.4 Å². The molecule has 3 N–H and O–H groups in total. The van der Waals surface area contributed by atoms with Gasteiger partial charge in [-0.05, 0) is 44.2 Å². The molecular formula is C14H24N2OS. The lowest BCUT2D eigenvalue weighted by Gasteiger charge is -2.42. The summed E-state index contributed by atoms with van der Waals surface area (Å²) >= 11 is 1.77. The summed E-state index contributed by atoms with van der Waals surface area (Å²) in [5, 5.41) is 12.4. The van der Waals surface area contributed by atoms with Gasteiger partial charge >= 0.3 is 0 Å². The van der Waals surface area contributed by atoms with E-state index in [2.05, 4.69) is 29.3 Å². The Bertz CT molecular complexity index is 364. The lowest BCUT2D eigenvalue weighted by Crippen LogP contribution is -2.51. The molecular weight excluding hydrogens is 244 g/mol. The molecule has 0 saturated carbocycles. The molecule has 1 fully saturated rings. The fraction of sp³-hybridized carbons (Fsp3) is 0.714. The van der Waals surface area contributed by atoms with E-state index >= 15 is 0 Å². The molecule has 0 radical (unpaired) electrons. The number of β-amino-alcohol motifs (C(OH)–C–C–N with tert-alkyl or cyclic N) is 1. The van der Waals surface area contributed by atoms with Crippen molar-refractivity contribution in [3.05, 3.63) is 22.4 Å². The third kappa shape index (κ3) is 3.12. The van der Waals surface area contributed by atoms with Crippen molar-refractivity contribution in [1.29, 1.82) is 0 Å². The molecule has 4 heteroatoms. The largest absolute Gasteiger partial charge is 0.389 e. The molecule has 1 aromatic rings. The van der Waals surface area contributed by atoms with Gasteiger partial charge in [0.1, 0.15) is 0 Å². The molecule has 0 bridgehead atoms. The lowest BCUT2D eigenvalue weighted by atomic mass is 9.92. The highest BCUT2D eigenvalue weighted by molar-refractivity contribution is 7.10. The highest BCUT2D eigenvalue weighted by Crippen LogP contribution is 2.33. The maximum absolute atomic E-state index is 10.3. The molecule has 0 aliphatic carbocycles. The van der Waals surface area contributed by atoms with Crippen molar-refractivity contribution in [2.75, 3.05) is 13.1 Å². The van der Waals surface area contributed by atoms with Gasteiger partial charge in [0.15, 0.2) is 0 Å². The van der Waals surface area contributed by atoms with Gasteiger partial charge in [0.25, 0.3) is 0 Å². The van der Waals surface area contributed by atoms with Gasteiger partial charge in [-0.15, -0.1) is 11.3 Å². The molecule has 3 atom stereocenters. The standard InChI is InChI=1S/C14H24N2OS/c1-3-11(15)13(12-6-4-9-18-12)16-8-5-7-14(2,17)10-16/h4,6,9,11,13,17H,3,5,7-8,10,15H2,1-2H3. The van der Waals surface area contributed by atoms with Crippen molar-refractivity contribution in [3.63, 3.8) is 0 Å². The molecule has 1 aliphatic rings.